The summed E-state index contributed by atoms with van der Waals surface area (Å²) >= 11 is 0. The molecule has 0 aliphatic heterocycles. The lowest BCUT2D eigenvalue weighted by atomic mass is 10.1. The van der Waals surface area contributed by atoms with Gasteiger partial charge in [-0.1, -0.05) is 38.1 Å². The van der Waals surface area contributed by atoms with Crippen LogP contribution in [-0.2, 0) is 22.7 Å². The minimum atomic E-state index is 0.712. The zero-order chi connectivity index (χ0) is 11.6. The third-order valence-corrected chi connectivity index (χ3v) is 2.26. The largest absolute Gasteiger partial charge is 0.377 e. The summed E-state index contributed by atoms with van der Waals surface area (Å²) in [5.41, 5.74) is 2.46. The van der Waals surface area contributed by atoms with Crippen molar-refractivity contribution in [3.8, 4) is 0 Å². The van der Waals surface area contributed by atoms with Crippen LogP contribution >= 0.6 is 0 Å². The Morgan fingerprint density at radius 2 is 1.12 bits per heavy atom. The van der Waals surface area contributed by atoms with Gasteiger partial charge in [0.05, 0.1) is 13.2 Å². The van der Waals surface area contributed by atoms with Crippen LogP contribution in [0.4, 0.5) is 0 Å². The van der Waals surface area contributed by atoms with Crippen molar-refractivity contribution in [2.45, 2.75) is 39.9 Å². The van der Waals surface area contributed by atoms with Crippen LogP contribution in [0.15, 0.2) is 24.3 Å². The van der Waals surface area contributed by atoms with Gasteiger partial charge in [-0.2, -0.15) is 0 Å². The van der Waals surface area contributed by atoms with E-state index in [1.807, 2.05) is 0 Å². The molecule has 16 heavy (non-hydrogen) atoms. The molecule has 0 amide bonds. The maximum absolute atomic E-state index is 5.48. The molecule has 0 spiro atoms. The lowest BCUT2D eigenvalue weighted by molar-refractivity contribution is 0.119. The van der Waals surface area contributed by atoms with Crippen molar-refractivity contribution in [3.05, 3.63) is 35.4 Å². The normalized spacial score (nSPS) is 10.6. The van der Waals surface area contributed by atoms with Crippen molar-refractivity contribution < 1.29 is 9.47 Å². The van der Waals surface area contributed by atoms with Gasteiger partial charge >= 0.3 is 0 Å². The summed E-state index contributed by atoms with van der Waals surface area (Å²) in [6, 6.07) is 8.45. The molecule has 0 saturated carbocycles. The average Bonchev–Trinajstić information content (AvgIpc) is 2.32. The topological polar surface area (TPSA) is 18.5 Å². The molecule has 0 aromatic heterocycles. The first-order valence-electron chi connectivity index (χ1n) is 6.10. The molecule has 1 rings (SSSR count). The zero-order valence-electron chi connectivity index (χ0n) is 10.4. The Morgan fingerprint density at radius 1 is 0.750 bits per heavy atom. The van der Waals surface area contributed by atoms with Gasteiger partial charge in [0, 0.05) is 13.2 Å². The van der Waals surface area contributed by atoms with E-state index in [1.54, 1.807) is 0 Å². The molecule has 0 aliphatic rings. The Kier molecular flexibility index (Phi) is 6.86. The third kappa shape index (κ3) is 5.29. The van der Waals surface area contributed by atoms with Crippen molar-refractivity contribution in [2.24, 2.45) is 0 Å². The van der Waals surface area contributed by atoms with E-state index < -0.39 is 0 Å². The average molecular weight is 222 g/mol. The molecule has 0 aliphatic carbocycles. The summed E-state index contributed by atoms with van der Waals surface area (Å²) in [6.07, 6.45) is 2.14. The van der Waals surface area contributed by atoms with Gasteiger partial charge in [-0.05, 0) is 24.0 Å². The summed E-state index contributed by atoms with van der Waals surface area (Å²) < 4.78 is 11.0. The van der Waals surface area contributed by atoms with Crippen molar-refractivity contribution in [1.29, 1.82) is 0 Å². The maximum Gasteiger partial charge on any atom is 0.0716 e. The highest BCUT2D eigenvalue weighted by atomic mass is 16.5. The Balaban J connectivity index is 2.30. The number of hydrogen-bond donors (Lipinski definition) is 0. The molecule has 0 heterocycles. The molecule has 0 N–H and O–H groups in total. The van der Waals surface area contributed by atoms with Crippen LogP contribution in [0.2, 0.25) is 0 Å². The summed E-state index contributed by atoms with van der Waals surface area (Å²) in [6.45, 7) is 7.33. The van der Waals surface area contributed by atoms with E-state index in [9.17, 15) is 0 Å². The van der Waals surface area contributed by atoms with Crippen LogP contribution in [-0.4, -0.2) is 13.2 Å². The van der Waals surface area contributed by atoms with E-state index >= 15 is 0 Å². The predicted octanol–water partition coefficient (Wildman–Crippen LogP) is 3.54. The van der Waals surface area contributed by atoms with E-state index in [0.717, 1.165) is 26.1 Å². The number of benzene rings is 1. The van der Waals surface area contributed by atoms with Gasteiger partial charge in [0.1, 0.15) is 0 Å². The molecule has 0 saturated heterocycles. The van der Waals surface area contributed by atoms with Crippen LogP contribution in [0.25, 0.3) is 0 Å². The lowest BCUT2D eigenvalue weighted by Gasteiger charge is -2.05. The zero-order valence-corrected chi connectivity index (χ0v) is 10.4. The van der Waals surface area contributed by atoms with E-state index in [4.69, 9.17) is 9.47 Å². The van der Waals surface area contributed by atoms with Gasteiger partial charge in [0.15, 0.2) is 0 Å². The van der Waals surface area contributed by atoms with Gasteiger partial charge in [0.25, 0.3) is 0 Å². The molecule has 0 bridgehead atoms. The second-order valence-electron chi connectivity index (χ2n) is 3.92. The first-order valence-corrected chi connectivity index (χ1v) is 6.10. The summed E-state index contributed by atoms with van der Waals surface area (Å²) in [5.74, 6) is 0. The first-order chi connectivity index (χ1) is 7.86. The second-order valence-corrected chi connectivity index (χ2v) is 3.92. The molecule has 90 valence electrons. The van der Waals surface area contributed by atoms with Gasteiger partial charge in [-0.15, -0.1) is 0 Å². The molecule has 2 nitrogen and oxygen atoms in total. The van der Waals surface area contributed by atoms with E-state index in [0.29, 0.717) is 13.2 Å². The summed E-state index contributed by atoms with van der Waals surface area (Å²) in [4.78, 5) is 0. The molecular formula is C14H22O2. The predicted molar refractivity (Wildman–Crippen MR) is 66.3 cm³/mol. The fraction of sp³-hybridized carbons (Fsp3) is 0.571. The Labute approximate surface area is 98.6 Å². The number of hydrogen-bond acceptors (Lipinski definition) is 2. The van der Waals surface area contributed by atoms with Crippen molar-refractivity contribution in [2.75, 3.05) is 13.2 Å². The molecular weight excluding hydrogens is 200 g/mol. The highest BCUT2D eigenvalue weighted by Crippen LogP contribution is 2.07. The van der Waals surface area contributed by atoms with E-state index in [1.165, 1.54) is 11.1 Å². The molecule has 0 fully saturated rings. The van der Waals surface area contributed by atoms with Crippen LogP contribution in [0, 0.1) is 0 Å². The van der Waals surface area contributed by atoms with Crippen LogP contribution in [0.3, 0.4) is 0 Å². The van der Waals surface area contributed by atoms with E-state index in [2.05, 4.69) is 38.1 Å². The minimum absolute atomic E-state index is 0.712. The van der Waals surface area contributed by atoms with Crippen molar-refractivity contribution >= 4 is 0 Å². The summed E-state index contributed by atoms with van der Waals surface area (Å²) in [5, 5.41) is 0. The Morgan fingerprint density at radius 3 is 1.44 bits per heavy atom. The molecule has 0 unspecified atom stereocenters. The summed E-state index contributed by atoms with van der Waals surface area (Å²) in [7, 11) is 0. The quantitative estimate of drug-likeness (QED) is 0.626. The van der Waals surface area contributed by atoms with E-state index in [-0.39, 0.29) is 0 Å². The van der Waals surface area contributed by atoms with Crippen LogP contribution in [0.1, 0.15) is 37.8 Å². The monoisotopic (exact) mass is 222 g/mol. The fourth-order valence-electron chi connectivity index (χ4n) is 1.40. The second kappa shape index (κ2) is 8.31. The Bertz CT molecular complexity index is 238. The number of rotatable bonds is 8. The molecule has 0 atom stereocenters. The molecule has 1 aromatic carbocycles. The Hall–Kier alpha value is -0.860. The molecule has 2 heteroatoms. The highest BCUT2D eigenvalue weighted by Gasteiger charge is 1.95. The first kappa shape index (κ1) is 13.2. The van der Waals surface area contributed by atoms with Crippen LogP contribution in [0.5, 0.6) is 0 Å². The standard InChI is InChI=1S/C14H22O2/c1-3-9-15-11-13-5-7-14(8-6-13)12-16-10-4-2/h5-8H,3-4,9-12H2,1-2H3. The van der Waals surface area contributed by atoms with Gasteiger partial charge in [-0.3, -0.25) is 0 Å². The SMILES string of the molecule is CCCOCc1ccc(COCCC)cc1. The van der Waals surface area contributed by atoms with Crippen LogP contribution < -0.4 is 0 Å². The van der Waals surface area contributed by atoms with Gasteiger partial charge in [0.2, 0.25) is 0 Å². The minimum Gasteiger partial charge on any atom is -0.377 e. The van der Waals surface area contributed by atoms with Crippen molar-refractivity contribution in [3.63, 3.8) is 0 Å². The molecule has 1 aromatic rings. The fourth-order valence-corrected chi connectivity index (χ4v) is 1.40. The van der Waals surface area contributed by atoms with Crippen molar-refractivity contribution in [1.82, 2.24) is 0 Å². The lowest BCUT2D eigenvalue weighted by Crippen LogP contribution is -1.96. The number of ether oxygens (including phenoxy) is 2. The maximum atomic E-state index is 5.48. The smallest absolute Gasteiger partial charge is 0.0716 e. The van der Waals surface area contributed by atoms with Gasteiger partial charge < -0.3 is 9.47 Å². The molecule has 0 radical (unpaired) electrons. The third-order valence-electron chi connectivity index (χ3n) is 2.26. The highest BCUT2D eigenvalue weighted by molar-refractivity contribution is 5.21. The van der Waals surface area contributed by atoms with Gasteiger partial charge in [-0.25, -0.2) is 0 Å².